The Morgan fingerprint density at radius 1 is 0.905 bits per heavy atom. The zero-order valence-corrected chi connectivity index (χ0v) is 14.2. The normalized spacial score (nSPS) is 29.3. The van der Waals surface area contributed by atoms with E-state index >= 15 is 0 Å². The second-order valence-corrected chi connectivity index (χ2v) is 7.50. The van der Waals surface area contributed by atoms with Crippen molar-refractivity contribution in [1.29, 1.82) is 0 Å². The van der Waals surface area contributed by atoms with Crippen LogP contribution >= 0.6 is 0 Å². The van der Waals surface area contributed by atoms with E-state index in [2.05, 4.69) is 10.6 Å². The van der Waals surface area contributed by atoms with Gasteiger partial charge in [0.15, 0.2) is 0 Å². The molecule has 0 heterocycles. The molecule has 0 saturated heterocycles. The summed E-state index contributed by atoms with van der Waals surface area (Å²) in [6.45, 7) is 6.07. The molecule has 0 bridgehead atoms. The van der Waals surface area contributed by atoms with E-state index in [1.807, 2.05) is 20.8 Å². The summed E-state index contributed by atoms with van der Waals surface area (Å²) in [5.74, 6) is 1.85. The SMILES string of the molecule is CC(C)NC(=O)C(C)NC1CCCCC1C1CCCCC1. The summed E-state index contributed by atoms with van der Waals surface area (Å²) < 4.78 is 0. The van der Waals surface area contributed by atoms with Crippen molar-refractivity contribution in [2.75, 3.05) is 0 Å². The first-order chi connectivity index (χ1) is 10.1. The standard InChI is InChI=1S/C18H34N2O/c1-13(2)19-18(21)14(3)20-17-12-8-7-11-16(17)15-9-5-4-6-10-15/h13-17,20H,4-12H2,1-3H3,(H,19,21). The van der Waals surface area contributed by atoms with Crippen LogP contribution in [0, 0.1) is 11.8 Å². The number of carbonyl (C=O) groups is 1. The quantitative estimate of drug-likeness (QED) is 0.813. The topological polar surface area (TPSA) is 41.1 Å². The molecule has 1 amide bonds. The maximum atomic E-state index is 12.1. The summed E-state index contributed by atoms with van der Waals surface area (Å²) in [5.41, 5.74) is 0. The summed E-state index contributed by atoms with van der Waals surface area (Å²) in [6.07, 6.45) is 12.4. The number of carbonyl (C=O) groups excluding carboxylic acids is 1. The van der Waals surface area contributed by atoms with E-state index in [0.717, 1.165) is 11.8 Å². The third-order valence-corrected chi connectivity index (χ3v) is 5.36. The molecule has 2 aliphatic carbocycles. The van der Waals surface area contributed by atoms with Crippen molar-refractivity contribution in [3.63, 3.8) is 0 Å². The van der Waals surface area contributed by atoms with Gasteiger partial charge in [0.1, 0.15) is 0 Å². The number of hydrogen-bond acceptors (Lipinski definition) is 2. The summed E-state index contributed by atoms with van der Waals surface area (Å²) in [5, 5.41) is 6.68. The molecule has 0 aliphatic heterocycles. The van der Waals surface area contributed by atoms with Gasteiger partial charge in [0.05, 0.1) is 6.04 Å². The molecule has 2 aliphatic rings. The van der Waals surface area contributed by atoms with Gasteiger partial charge < -0.3 is 10.6 Å². The minimum absolute atomic E-state index is 0.0680. The fraction of sp³-hybridized carbons (Fsp3) is 0.944. The Balaban J connectivity index is 1.90. The van der Waals surface area contributed by atoms with E-state index in [9.17, 15) is 4.79 Å². The Kier molecular flexibility index (Phi) is 6.53. The van der Waals surface area contributed by atoms with Crippen molar-refractivity contribution >= 4 is 5.91 Å². The molecular weight excluding hydrogens is 260 g/mol. The summed E-state index contributed by atoms with van der Waals surface area (Å²) >= 11 is 0. The predicted molar refractivity (Wildman–Crippen MR) is 88.2 cm³/mol. The Morgan fingerprint density at radius 2 is 1.52 bits per heavy atom. The molecule has 0 spiro atoms. The van der Waals surface area contributed by atoms with Crippen LogP contribution in [0.4, 0.5) is 0 Å². The summed E-state index contributed by atoms with van der Waals surface area (Å²) in [6, 6.07) is 0.707. The minimum atomic E-state index is -0.0680. The van der Waals surface area contributed by atoms with Gasteiger partial charge in [0, 0.05) is 12.1 Å². The van der Waals surface area contributed by atoms with Gasteiger partial charge in [-0.3, -0.25) is 4.79 Å². The lowest BCUT2D eigenvalue weighted by molar-refractivity contribution is -0.123. The second-order valence-electron chi connectivity index (χ2n) is 7.50. The molecule has 0 aromatic carbocycles. The molecule has 2 N–H and O–H groups in total. The molecule has 0 aromatic heterocycles. The molecule has 122 valence electrons. The van der Waals surface area contributed by atoms with Crippen LogP contribution in [-0.4, -0.2) is 24.0 Å². The van der Waals surface area contributed by atoms with Gasteiger partial charge in [-0.1, -0.05) is 44.9 Å². The lowest BCUT2D eigenvalue weighted by Crippen LogP contribution is -2.52. The maximum absolute atomic E-state index is 12.1. The third kappa shape index (κ3) is 4.98. The maximum Gasteiger partial charge on any atom is 0.237 e. The molecule has 21 heavy (non-hydrogen) atoms. The monoisotopic (exact) mass is 294 g/mol. The highest BCUT2D eigenvalue weighted by atomic mass is 16.2. The van der Waals surface area contributed by atoms with E-state index < -0.39 is 0 Å². The first kappa shape index (κ1) is 16.8. The highest BCUT2D eigenvalue weighted by Crippen LogP contribution is 2.38. The van der Waals surface area contributed by atoms with Crippen LogP contribution in [-0.2, 0) is 4.79 Å². The fourth-order valence-corrected chi connectivity index (χ4v) is 4.30. The highest BCUT2D eigenvalue weighted by Gasteiger charge is 2.33. The van der Waals surface area contributed by atoms with Crippen LogP contribution in [0.15, 0.2) is 0 Å². The Hall–Kier alpha value is -0.570. The van der Waals surface area contributed by atoms with Crippen molar-refractivity contribution < 1.29 is 4.79 Å². The highest BCUT2D eigenvalue weighted by molar-refractivity contribution is 5.81. The van der Waals surface area contributed by atoms with Crippen LogP contribution in [0.5, 0.6) is 0 Å². The molecule has 3 unspecified atom stereocenters. The van der Waals surface area contributed by atoms with E-state index in [4.69, 9.17) is 0 Å². The Labute approximate surface area is 130 Å². The first-order valence-corrected chi connectivity index (χ1v) is 9.14. The van der Waals surface area contributed by atoms with Crippen molar-refractivity contribution in [2.24, 2.45) is 11.8 Å². The summed E-state index contributed by atoms with van der Waals surface area (Å²) in [7, 11) is 0. The fourth-order valence-electron chi connectivity index (χ4n) is 4.30. The number of nitrogens with one attached hydrogen (secondary N) is 2. The largest absolute Gasteiger partial charge is 0.353 e. The third-order valence-electron chi connectivity index (χ3n) is 5.36. The van der Waals surface area contributed by atoms with Crippen LogP contribution in [0.25, 0.3) is 0 Å². The first-order valence-electron chi connectivity index (χ1n) is 9.14. The van der Waals surface area contributed by atoms with Gasteiger partial charge in [-0.05, 0) is 45.4 Å². The van der Waals surface area contributed by atoms with Gasteiger partial charge in [0.2, 0.25) is 5.91 Å². The van der Waals surface area contributed by atoms with Crippen LogP contribution < -0.4 is 10.6 Å². The lowest BCUT2D eigenvalue weighted by Gasteiger charge is -2.40. The van der Waals surface area contributed by atoms with Crippen molar-refractivity contribution in [3.8, 4) is 0 Å². The van der Waals surface area contributed by atoms with E-state index in [1.54, 1.807) is 0 Å². The van der Waals surface area contributed by atoms with Crippen molar-refractivity contribution in [2.45, 2.75) is 96.7 Å². The van der Waals surface area contributed by atoms with E-state index in [1.165, 1.54) is 57.8 Å². The number of amides is 1. The molecular formula is C18H34N2O. The number of hydrogen-bond donors (Lipinski definition) is 2. The van der Waals surface area contributed by atoms with Gasteiger partial charge >= 0.3 is 0 Å². The molecule has 3 atom stereocenters. The zero-order chi connectivity index (χ0) is 15.2. The van der Waals surface area contributed by atoms with Gasteiger partial charge in [0.25, 0.3) is 0 Å². The molecule has 3 heteroatoms. The smallest absolute Gasteiger partial charge is 0.237 e. The molecule has 2 rings (SSSR count). The lowest BCUT2D eigenvalue weighted by atomic mass is 9.71. The molecule has 2 fully saturated rings. The Bertz CT molecular complexity index is 323. The zero-order valence-electron chi connectivity index (χ0n) is 14.2. The average molecular weight is 294 g/mol. The molecule has 2 saturated carbocycles. The minimum Gasteiger partial charge on any atom is -0.353 e. The number of rotatable bonds is 5. The van der Waals surface area contributed by atoms with E-state index in [-0.39, 0.29) is 18.0 Å². The van der Waals surface area contributed by atoms with Crippen molar-refractivity contribution in [1.82, 2.24) is 10.6 Å². The van der Waals surface area contributed by atoms with Crippen LogP contribution in [0.1, 0.15) is 78.6 Å². The van der Waals surface area contributed by atoms with Crippen LogP contribution in [0.2, 0.25) is 0 Å². The average Bonchev–Trinajstić information content (AvgIpc) is 2.48. The van der Waals surface area contributed by atoms with E-state index in [0.29, 0.717) is 6.04 Å². The Morgan fingerprint density at radius 3 is 2.19 bits per heavy atom. The molecule has 0 radical (unpaired) electrons. The van der Waals surface area contributed by atoms with Crippen molar-refractivity contribution in [3.05, 3.63) is 0 Å². The molecule has 0 aromatic rings. The molecule has 3 nitrogen and oxygen atoms in total. The van der Waals surface area contributed by atoms with Gasteiger partial charge in [-0.25, -0.2) is 0 Å². The summed E-state index contributed by atoms with van der Waals surface area (Å²) in [4.78, 5) is 12.1. The van der Waals surface area contributed by atoms with Gasteiger partial charge in [-0.15, -0.1) is 0 Å². The second kappa shape index (κ2) is 8.17. The van der Waals surface area contributed by atoms with Gasteiger partial charge in [-0.2, -0.15) is 0 Å². The van der Waals surface area contributed by atoms with Crippen LogP contribution in [0.3, 0.4) is 0 Å². The predicted octanol–water partition coefficient (Wildman–Crippen LogP) is 3.63.